The molecule has 1 saturated heterocycles. The van der Waals surface area contributed by atoms with Crippen LogP contribution >= 0.6 is 0 Å². The van der Waals surface area contributed by atoms with Gasteiger partial charge in [0, 0.05) is 30.4 Å². The number of piperidine rings is 1. The first-order valence-corrected chi connectivity index (χ1v) is 10.9. The molecule has 1 atom stereocenters. The lowest BCUT2D eigenvalue weighted by atomic mass is 9.96. The van der Waals surface area contributed by atoms with E-state index in [1.807, 2.05) is 4.90 Å². The molecule has 1 fully saturated rings. The van der Waals surface area contributed by atoms with Crippen LogP contribution in [0.2, 0.25) is 0 Å². The molecule has 1 amide bonds. The zero-order valence-corrected chi connectivity index (χ0v) is 16.3. The van der Waals surface area contributed by atoms with E-state index >= 15 is 0 Å². The van der Waals surface area contributed by atoms with Crippen LogP contribution in [-0.2, 0) is 14.8 Å². The van der Waals surface area contributed by atoms with E-state index in [4.69, 9.17) is 9.47 Å². The Kier molecular flexibility index (Phi) is 4.20. The Morgan fingerprint density at radius 1 is 1.14 bits per heavy atom. The number of nitrogens with zero attached hydrogens (tertiary/aromatic N) is 2. The van der Waals surface area contributed by atoms with Gasteiger partial charge in [-0.1, -0.05) is 12.1 Å². The third-order valence-corrected chi connectivity index (χ3v) is 6.67. The van der Waals surface area contributed by atoms with Gasteiger partial charge in [0.15, 0.2) is 17.3 Å². The summed E-state index contributed by atoms with van der Waals surface area (Å²) >= 11 is 0. The van der Waals surface area contributed by atoms with Crippen LogP contribution < -0.4 is 14.8 Å². The molecule has 2 aromatic carbocycles. The van der Waals surface area contributed by atoms with Gasteiger partial charge < -0.3 is 19.7 Å². The summed E-state index contributed by atoms with van der Waals surface area (Å²) in [6.45, 7) is 1.26. The molecule has 0 unspecified atom stereocenters. The Hall–Kier alpha value is -3.07. The van der Waals surface area contributed by atoms with Crippen molar-refractivity contribution in [2.75, 3.05) is 25.2 Å². The summed E-state index contributed by atoms with van der Waals surface area (Å²) in [5.41, 5.74) is 1.24. The highest BCUT2D eigenvalue weighted by Crippen LogP contribution is 2.35. The maximum Gasteiger partial charge on any atom is 0.285 e. The maximum atomic E-state index is 12.8. The van der Waals surface area contributed by atoms with Crippen molar-refractivity contribution in [1.29, 1.82) is 0 Å². The molecule has 3 aliphatic heterocycles. The third kappa shape index (κ3) is 3.21. The zero-order valence-electron chi connectivity index (χ0n) is 15.5. The molecule has 0 aliphatic carbocycles. The molecular formula is C20H19N3O5S. The number of sulfonamides is 1. The van der Waals surface area contributed by atoms with E-state index in [9.17, 15) is 13.2 Å². The fourth-order valence-corrected chi connectivity index (χ4v) is 5.15. The Labute approximate surface area is 168 Å². The van der Waals surface area contributed by atoms with Crippen LogP contribution in [0.4, 0.5) is 5.69 Å². The van der Waals surface area contributed by atoms with Crippen LogP contribution in [0, 0.1) is 5.92 Å². The molecule has 0 bridgehead atoms. The van der Waals surface area contributed by atoms with Crippen molar-refractivity contribution in [3.05, 3.63) is 48.0 Å². The van der Waals surface area contributed by atoms with E-state index in [1.54, 1.807) is 42.5 Å². The molecule has 0 radical (unpaired) electrons. The van der Waals surface area contributed by atoms with Crippen molar-refractivity contribution in [2.24, 2.45) is 10.3 Å². The third-order valence-electron chi connectivity index (χ3n) is 5.34. The van der Waals surface area contributed by atoms with Gasteiger partial charge in [-0.15, -0.1) is 4.40 Å². The average molecular weight is 413 g/mol. The molecule has 2 aromatic rings. The van der Waals surface area contributed by atoms with Crippen molar-refractivity contribution < 1.29 is 22.7 Å². The second-order valence-electron chi connectivity index (χ2n) is 7.23. The minimum atomic E-state index is -3.68. The van der Waals surface area contributed by atoms with Crippen LogP contribution in [0.1, 0.15) is 18.4 Å². The van der Waals surface area contributed by atoms with E-state index in [1.165, 1.54) is 0 Å². The molecule has 3 aliphatic rings. The van der Waals surface area contributed by atoms with E-state index in [0.29, 0.717) is 41.7 Å². The number of rotatable bonds is 2. The number of carbonyl (C=O) groups is 1. The summed E-state index contributed by atoms with van der Waals surface area (Å²) < 4.78 is 39.3. The lowest BCUT2D eigenvalue weighted by molar-refractivity contribution is -0.121. The highest BCUT2D eigenvalue weighted by molar-refractivity contribution is 7.90. The molecule has 9 heteroatoms. The topological polar surface area (TPSA) is 97.3 Å². The Morgan fingerprint density at radius 2 is 1.97 bits per heavy atom. The first kappa shape index (κ1) is 18.0. The Bertz CT molecular complexity index is 1130. The average Bonchev–Trinajstić information content (AvgIpc) is 3.30. The van der Waals surface area contributed by atoms with Gasteiger partial charge in [0.2, 0.25) is 12.7 Å². The standard InChI is InChI=1S/C20H19N3O5S/c24-20(21-14-7-8-16-17(10-14)28-12-27-16)13-4-3-9-23(11-13)19-15-5-1-2-6-18(15)29(25,26)22-19/h1-2,5-8,10,13H,3-4,9,11-12H2,(H,21,24)/t13-/m0/s1. The van der Waals surface area contributed by atoms with E-state index in [0.717, 1.165) is 12.8 Å². The van der Waals surface area contributed by atoms with Gasteiger partial charge in [0.05, 0.1) is 5.92 Å². The predicted molar refractivity (Wildman–Crippen MR) is 106 cm³/mol. The fourth-order valence-electron chi connectivity index (χ4n) is 3.92. The maximum absolute atomic E-state index is 12.8. The van der Waals surface area contributed by atoms with Crippen molar-refractivity contribution in [3.63, 3.8) is 0 Å². The molecule has 5 rings (SSSR count). The van der Waals surface area contributed by atoms with Crippen LogP contribution in [0.5, 0.6) is 11.5 Å². The number of hydrogen-bond acceptors (Lipinski definition) is 6. The number of benzene rings is 2. The van der Waals surface area contributed by atoms with E-state index in [-0.39, 0.29) is 23.5 Å². The molecule has 0 spiro atoms. The summed E-state index contributed by atoms with van der Waals surface area (Å²) in [7, 11) is -3.68. The first-order chi connectivity index (χ1) is 14.0. The largest absolute Gasteiger partial charge is 0.454 e. The summed E-state index contributed by atoms with van der Waals surface area (Å²) in [6, 6.07) is 12.1. The quantitative estimate of drug-likeness (QED) is 0.811. The van der Waals surface area contributed by atoms with Crippen molar-refractivity contribution in [1.82, 2.24) is 4.90 Å². The van der Waals surface area contributed by atoms with Crippen molar-refractivity contribution >= 4 is 27.5 Å². The molecule has 150 valence electrons. The molecule has 29 heavy (non-hydrogen) atoms. The number of anilines is 1. The number of fused-ring (bicyclic) bond motifs is 2. The van der Waals surface area contributed by atoms with E-state index in [2.05, 4.69) is 9.71 Å². The second-order valence-corrected chi connectivity index (χ2v) is 8.80. The summed E-state index contributed by atoms with van der Waals surface area (Å²) in [5.74, 6) is 1.32. The Balaban J connectivity index is 1.33. The summed E-state index contributed by atoms with van der Waals surface area (Å²) in [4.78, 5) is 15.0. The molecule has 0 saturated carbocycles. The van der Waals surface area contributed by atoms with Crippen molar-refractivity contribution in [3.8, 4) is 11.5 Å². The lowest BCUT2D eigenvalue weighted by Gasteiger charge is -2.33. The molecule has 0 aromatic heterocycles. The number of ether oxygens (including phenoxy) is 2. The summed E-state index contributed by atoms with van der Waals surface area (Å²) in [5, 5.41) is 2.93. The SMILES string of the molecule is O=C(Nc1ccc2c(c1)OCO2)[C@H]1CCCN(C2=NS(=O)(=O)c3ccccc32)C1. The summed E-state index contributed by atoms with van der Waals surface area (Å²) in [6.07, 6.45) is 1.51. The van der Waals surface area contributed by atoms with Gasteiger partial charge >= 0.3 is 0 Å². The number of amidine groups is 1. The zero-order chi connectivity index (χ0) is 20.0. The monoisotopic (exact) mass is 413 g/mol. The normalized spacial score (nSPS) is 21.4. The number of nitrogens with one attached hydrogen (secondary N) is 1. The lowest BCUT2D eigenvalue weighted by Crippen LogP contribution is -2.43. The van der Waals surface area contributed by atoms with Crippen molar-refractivity contribution in [2.45, 2.75) is 17.7 Å². The molecule has 8 nitrogen and oxygen atoms in total. The number of carbonyl (C=O) groups excluding carboxylic acids is 1. The predicted octanol–water partition coefficient (Wildman–Crippen LogP) is 2.21. The number of amides is 1. The van der Waals surface area contributed by atoms with Crippen LogP contribution in [0.15, 0.2) is 51.8 Å². The fraction of sp³-hybridized carbons (Fsp3) is 0.300. The van der Waals surface area contributed by atoms with Gasteiger partial charge in [-0.2, -0.15) is 8.42 Å². The molecular weight excluding hydrogens is 394 g/mol. The molecule has 3 heterocycles. The van der Waals surface area contributed by atoms with E-state index < -0.39 is 10.0 Å². The minimum absolute atomic E-state index is 0.108. The van der Waals surface area contributed by atoms with Crippen LogP contribution in [0.25, 0.3) is 0 Å². The van der Waals surface area contributed by atoms with Crippen LogP contribution in [-0.4, -0.2) is 44.9 Å². The second kappa shape index (κ2) is 6.77. The number of likely N-dealkylation sites (tertiary alicyclic amines) is 1. The smallest absolute Gasteiger partial charge is 0.285 e. The van der Waals surface area contributed by atoms with Crippen LogP contribution in [0.3, 0.4) is 0 Å². The van der Waals surface area contributed by atoms with Gasteiger partial charge in [-0.3, -0.25) is 4.79 Å². The molecule has 1 N–H and O–H groups in total. The highest BCUT2D eigenvalue weighted by Gasteiger charge is 2.35. The van der Waals surface area contributed by atoms with Gasteiger partial charge in [0.1, 0.15) is 4.90 Å². The van der Waals surface area contributed by atoms with Gasteiger partial charge in [0.25, 0.3) is 10.0 Å². The first-order valence-electron chi connectivity index (χ1n) is 9.41. The number of hydrogen-bond donors (Lipinski definition) is 1. The van der Waals surface area contributed by atoms with Gasteiger partial charge in [-0.05, 0) is 37.1 Å². The minimum Gasteiger partial charge on any atom is -0.454 e. The van der Waals surface area contributed by atoms with Gasteiger partial charge in [-0.25, -0.2) is 0 Å². The Morgan fingerprint density at radius 3 is 2.86 bits per heavy atom. The highest BCUT2D eigenvalue weighted by atomic mass is 32.2.